The fraction of sp³-hybridized carbons (Fsp3) is 0.143. The van der Waals surface area contributed by atoms with Crippen LogP contribution in [0.3, 0.4) is 0 Å². The monoisotopic (exact) mass is 347 g/mol. The van der Waals surface area contributed by atoms with Gasteiger partial charge in [0.15, 0.2) is 0 Å². The Morgan fingerprint density at radius 1 is 0.846 bits per heavy atom. The van der Waals surface area contributed by atoms with E-state index < -0.39 is 0 Å². The van der Waals surface area contributed by atoms with E-state index in [-0.39, 0.29) is 11.9 Å². The molecule has 5 heteroatoms. The van der Waals surface area contributed by atoms with Crippen LogP contribution in [0.1, 0.15) is 5.56 Å². The normalized spacial score (nSPS) is 10.4. The van der Waals surface area contributed by atoms with Gasteiger partial charge in [-0.05, 0) is 29.1 Å². The molecule has 0 atom stereocenters. The van der Waals surface area contributed by atoms with Gasteiger partial charge < -0.3 is 15.5 Å². The van der Waals surface area contributed by atoms with Gasteiger partial charge in [0.05, 0.1) is 12.1 Å². The molecule has 0 fully saturated rings. The smallest absolute Gasteiger partial charge is 0.323 e. The number of hydrogen-bond acceptors (Lipinski definition) is 2. The van der Waals surface area contributed by atoms with E-state index in [2.05, 4.69) is 10.6 Å². The first kappa shape index (κ1) is 17.5. The first-order valence-electron chi connectivity index (χ1n) is 8.38. The van der Waals surface area contributed by atoms with Crippen molar-refractivity contribution in [1.82, 2.24) is 4.90 Å². The lowest BCUT2D eigenvalue weighted by Gasteiger charge is -2.12. The lowest BCUT2D eigenvalue weighted by molar-refractivity contribution is -0.127. The van der Waals surface area contributed by atoms with Crippen LogP contribution in [0.15, 0.2) is 66.7 Å². The minimum atomic E-state index is -0.307. The summed E-state index contributed by atoms with van der Waals surface area (Å²) in [6, 6.07) is 20.6. The zero-order valence-corrected chi connectivity index (χ0v) is 14.8. The van der Waals surface area contributed by atoms with Crippen molar-refractivity contribution in [2.24, 2.45) is 0 Å². The number of amides is 3. The van der Waals surface area contributed by atoms with Gasteiger partial charge in [-0.3, -0.25) is 4.79 Å². The fourth-order valence-corrected chi connectivity index (χ4v) is 2.66. The van der Waals surface area contributed by atoms with Gasteiger partial charge in [-0.25, -0.2) is 4.79 Å². The van der Waals surface area contributed by atoms with Crippen molar-refractivity contribution in [3.63, 3.8) is 0 Å². The van der Waals surface area contributed by atoms with Crippen molar-refractivity contribution in [3.8, 4) is 0 Å². The second-order valence-electron chi connectivity index (χ2n) is 6.27. The highest BCUT2D eigenvalue weighted by Crippen LogP contribution is 2.23. The summed E-state index contributed by atoms with van der Waals surface area (Å²) in [6.45, 7) is 0. The largest absolute Gasteiger partial charge is 0.349 e. The Kier molecular flexibility index (Phi) is 5.17. The molecule has 3 aromatic carbocycles. The average molecular weight is 347 g/mol. The van der Waals surface area contributed by atoms with E-state index in [4.69, 9.17) is 0 Å². The van der Waals surface area contributed by atoms with Gasteiger partial charge in [0.1, 0.15) is 0 Å². The van der Waals surface area contributed by atoms with Crippen molar-refractivity contribution in [1.29, 1.82) is 0 Å². The zero-order chi connectivity index (χ0) is 18.5. The number of rotatable bonds is 4. The van der Waals surface area contributed by atoms with E-state index in [1.807, 2.05) is 54.6 Å². The van der Waals surface area contributed by atoms with Crippen molar-refractivity contribution < 1.29 is 9.59 Å². The van der Waals surface area contributed by atoms with E-state index in [0.717, 1.165) is 22.0 Å². The summed E-state index contributed by atoms with van der Waals surface area (Å²) in [5, 5.41) is 7.76. The molecule has 0 aliphatic rings. The SMILES string of the molecule is CN(C)C(=O)Cc1ccc(NC(=O)Nc2cccc3ccccc23)cc1. The van der Waals surface area contributed by atoms with E-state index in [0.29, 0.717) is 12.1 Å². The Bertz CT molecular complexity index is 928. The second kappa shape index (κ2) is 7.70. The molecule has 3 rings (SSSR count). The number of carbonyl (C=O) groups is 2. The topological polar surface area (TPSA) is 61.4 Å². The highest BCUT2D eigenvalue weighted by Gasteiger charge is 2.08. The maximum atomic E-state index is 12.3. The van der Waals surface area contributed by atoms with Crippen molar-refractivity contribution >= 4 is 34.1 Å². The Morgan fingerprint density at radius 2 is 1.54 bits per heavy atom. The predicted octanol–water partition coefficient (Wildman–Crippen LogP) is 4.11. The van der Waals surface area contributed by atoms with Gasteiger partial charge in [0.2, 0.25) is 5.91 Å². The molecule has 132 valence electrons. The minimum Gasteiger partial charge on any atom is -0.349 e. The second-order valence-corrected chi connectivity index (χ2v) is 6.27. The summed E-state index contributed by atoms with van der Waals surface area (Å²) in [7, 11) is 3.46. The summed E-state index contributed by atoms with van der Waals surface area (Å²) in [5.41, 5.74) is 2.33. The van der Waals surface area contributed by atoms with Gasteiger partial charge in [-0.1, -0.05) is 48.5 Å². The van der Waals surface area contributed by atoms with Crippen LogP contribution in [0.25, 0.3) is 10.8 Å². The minimum absolute atomic E-state index is 0.0411. The molecule has 26 heavy (non-hydrogen) atoms. The van der Waals surface area contributed by atoms with Crippen LogP contribution in [-0.4, -0.2) is 30.9 Å². The first-order valence-corrected chi connectivity index (χ1v) is 8.38. The Labute approximate surface area is 152 Å². The first-order chi connectivity index (χ1) is 12.5. The van der Waals surface area contributed by atoms with Crippen LogP contribution in [0, 0.1) is 0 Å². The molecule has 0 saturated heterocycles. The van der Waals surface area contributed by atoms with E-state index in [9.17, 15) is 9.59 Å². The number of likely N-dealkylation sites (N-methyl/N-ethyl adjacent to an activating group) is 1. The summed E-state index contributed by atoms with van der Waals surface area (Å²) >= 11 is 0. The number of anilines is 2. The Hall–Kier alpha value is -3.34. The molecule has 0 heterocycles. The van der Waals surface area contributed by atoms with Gasteiger partial charge in [0.25, 0.3) is 0 Å². The maximum absolute atomic E-state index is 12.3. The molecule has 2 N–H and O–H groups in total. The number of nitrogens with one attached hydrogen (secondary N) is 2. The summed E-state index contributed by atoms with van der Waals surface area (Å²) < 4.78 is 0. The molecular formula is C21H21N3O2. The van der Waals surface area contributed by atoms with Gasteiger partial charge in [-0.2, -0.15) is 0 Å². The average Bonchev–Trinajstić information content (AvgIpc) is 2.63. The van der Waals surface area contributed by atoms with Crippen LogP contribution >= 0.6 is 0 Å². The molecule has 0 unspecified atom stereocenters. The Balaban J connectivity index is 1.65. The number of urea groups is 1. The number of hydrogen-bond donors (Lipinski definition) is 2. The molecule has 0 aliphatic heterocycles. The summed E-state index contributed by atoms with van der Waals surface area (Å²) in [6.07, 6.45) is 0.343. The molecule has 0 bridgehead atoms. The van der Waals surface area contributed by atoms with Crippen LogP contribution < -0.4 is 10.6 Å². The van der Waals surface area contributed by atoms with Gasteiger partial charge in [-0.15, -0.1) is 0 Å². The highest BCUT2D eigenvalue weighted by atomic mass is 16.2. The summed E-state index contributed by atoms with van der Waals surface area (Å²) in [5.74, 6) is 0.0411. The van der Waals surface area contributed by atoms with Crippen LogP contribution in [0.5, 0.6) is 0 Å². The third kappa shape index (κ3) is 4.19. The van der Waals surface area contributed by atoms with Gasteiger partial charge >= 0.3 is 6.03 Å². The van der Waals surface area contributed by atoms with Crippen molar-refractivity contribution in [3.05, 3.63) is 72.3 Å². The van der Waals surface area contributed by atoms with E-state index in [1.54, 1.807) is 31.1 Å². The highest BCUT2D eigenvalue weighted by molar-refractivity contribution is 6.06. The molecular weight excluding hydrogens is 326 g/mol. The lowest BCUT2D eigenvalue weighted by atomic mass is 10.1. The van der Waals surface area contributed by atoms with Crippen LogP contribution in [-0.2, 0) is 11.2 Å². The van der Waals surface area contributed by atoms with Crippen LogP contribution in [0.4, 0.5) is 16.2 Å². The number of nitrogens with zero attached hydrogens (tertiary/aromatic N) is 1. The quantitative estimate of drug-likeness (QED) is 0.746. The van der Waals surface area contributed by atoms with E-state index >= 15 is 0 Å². The number of benzene rings is 3. The molecule has 5 nitrogen and oxygen atoms in total. The van der Waals surface area contributed by atoms with E-state index in [1.165, 1.54) is 0 Å². The van der Waals surface area contributed by atoms with Crippen LogP contribution in [0.2, 0.25) is 0 Å². The molecule has 3 aromatic rings. The molecule has 0 spiro atoms. The summed E-state index contributed by atoms with van der Waals surface area (Å²) in [4.78, 5) is 25.6. The lowest BCUT2D eigenvalue weighted by Crippen LogP contribution is -2.23. The molecule has 0 radical (unpaired) electrons. The third-order valence-corrected chi connectivity index (χ3v) is 4.10. The van der Waals surface area contributed by atoms with Gasteiger partial charge in [0, 0.05) is 25.2 Å². The van der Waals surface area contributed by atoms with Crippen molar-refractivity contribution in [2.75, 3.05) is 24.7 Å². The number of carbonyl (C=O) groups excluding carboxylic acids is 2. The molecule has 3 amide bonds. The zero-order valence-electron chi connectivity index (χ0n) is 14.8. The Morgan fingerprint density at radius 3 is 2.27 bits per heavy atom. The predicted molar refractivity (Wildman–Crippen MR) is 105 cm³/mol. The standard InChI is InChI=1S/C21H21N3O2/c1-24(2)20(25)14-15-10-12-17(13-11-15)22-21(26)23-19-9-5-7-16-6-3-4-8-18(16)19/h3-13H,14H2,1-2H3,(H2,22,23,26). The molecule has 0 aromatic heterocycles. The molecule has 0 saturated carbocycles. The van der Waals surface area contributed by atoms with Crippen molar-refractivity contribution in [2.45, 2.75) is 6.42 Å². The molecule has 0 aliphatic carbocycles. The fourth-order valence-electron chi connectivity index (χ4n) is 2.66. The third-order valence-electron chi connectivity index (χ3n) is 4.10. The maximum Gasteiger partial charge on any atom is 0.323 e. The number of fused-ring (bicyclic) bond motifs is 1.